The summed E-state index contributed by atoms with van der Waals surface area (Å²) >= 11 is 6.35. The number of halogens is 1. The number of hydrogen-bond donors (Lipinski definition) is 1. The number of benzene rings is 2. The Balaban J connectivity index is 1.38. The topological polar surface area (TPSA) is 66.3 Å². The number of fused-ring (bicyclic) bond motifs is 1. The van der Waals surface area contributed by atoms with Crippen molar-refractivity contribution in [3.8, 4) is 5.69 Å². The van der Waals surface area contributed by atoms with Crippen molar-refractivity contribution in [2.24, 2.45) is 0 Å². The van der Waals surface area contributed by atoms with Gasteiger partial charge in [-0.1, -0.05) is 23.7 Å². The largest absolute Gasteiger partial charge is 0.369 e. The van der Waals surface area contributed by atoms with E-state index >= 15 is 0 Å². The zero-order valence-corrected chi connectivity index (χ0v) is 19.4. The average molecular weight is 461 g/mol. The van der Waals surface area contributed by atoms with Crippen LogP contribution in [0.4, 0.5) is 17.2 Å². The number of pyridine rings is 1. The summed E-state index contributed by atoms with van der Waals surface area (Å²) in [4.78, 5) is 26.8. The molecule has 0 bridgehead atoms. The first kappa shape index (κ1) is 21.4. The average Bonchev–Trinajstić information content (AvgIpc) is 2.81. The molecule has 8 heteroatoms. The minimum absolute atomic E-state index is 0.202. The molecule has 0 unspecified atom stereocenters. The number of nitrogens with one attached hydrogen (secondary N) is 1. The fourth-order valence-corrected chi connectivity index (χ4v) is 4.46. The van der Waals surface area contributed by atoms with Gasteiger partial charge in [-0.2, -0.15) is 0 Å². The number of hydrogen-bond acceptors (Lipinski definition) is 6. The molecule has 3 heterocycles. The standard InChI is InChI=1S/C25H25ClN6O/c1-17-4-3-5-21(26)24(17)32-16-28-22-14-23(27-15-20(22)25(32)33)29-18-6-8-19(9-7-18)31-12-10-30(2)11-13-31/h3-9,14-16H,10-13H2,1-2H3,(H,27,29). The van der Waals surface area contributed by atoms with E-state index < -0.39 is 0 Å². The summed E-state index contributed by atoms with van der Waals surface area (Å²) < 4.78 is 1.48. The lowest BCUT2D eigenvalue weighted by molar-refractivity contribution is 0.313. The predicted octanol–water partition coefficient (Wildman–Crippen LogP) is 4.24. The third-order valence-electron chi connectivity index (χ3n) is 6.08. The lowest BCUT2D eigenvalue weighted by Gasteiger charge is -2.34. The van der Waals surface area contributed by atoms with E-state index in [0.29, 0.717) is 27.4 Å². The minimum Gasteiger partial charge on any atom is -0.369 e. The van der Waals surface area contributed by atoms with Crippen LogP contribution in [0.1, 0.15) is 5.56 Å². The van der Waals surface area contributed by atoms with E-state index in [1.54, 1.807) is 18.3 Å². The Morgan fingerprint density at radius 2 is 1.76 bits per heavy atom. The van der Waals surface area contributed by atoms with Gasteiger partial charge in [0, 0.05) is 49.8 Å². The Hall–Kier alpha value is -3.42. The van der Waals surface area contributed by atoms with E-state index in [1.807, 2.05) is 31.2 Å². The van der Waals surface area contributed by atoms with Crippen molar-refractivity contribution >= 4 is 39.7 Å². The molecule has 4 aromatic rings. The molecule has 1 N–H and O–H groups in total. The molecule has 0 aliphatic carbocycles. The van der Waals surface area contributed by atoms with E-state index in [1.165, 1.54) is 16.6 Å². The first-order valence-electron chi connectivity index (χ1n) is 10.9. The van der Waals surface area contributed by atoms with Gasteiger partial charge in [0.25, 0.3) is 5.56 Å². The molecule has 168 valence electrons. The van der Waals surface area contributed by atoms with E-state index in [4.69, 9.17) is 11.6 Å². The Morgan fingerprint density at radius 3 is 2.48 bits per heavy atom. The Kier molecular flexibility index (Phi) is 5.74. The van der Waals surface area contributed by atoms with Crippen LogP contribution in [-0.2, 0) is 0 Å². The quantitative estimate of drug-likeness (QED) is 0.491. The van der Waals surface area contributed by atoms with Crippen molar-refractivity contribution in [2.45, 2.75) is 6.92 Å². The monoisotopic (exact) mass is 460 g/mol. The fraction of sp³-hybridized carbons (Fsp3) is 0.240. The van der Waals surface area contributed by atoms with Crippen molar-refractivity contribution in [1.29, 1.82) is 0 Å². The van der Waals surface area contributed by atoms with Crippen molar-refractivity contribution in [1.82, 2.24) is 19.4 Å². The maximum atomic E-state index is 13.1. The Morgan fingerprint density at radius 1 is 1.00 bits per heavy atom. The summed E-state index contributed by atoms with van der Waals surface area (Å²) in [6.07, 6.45) is 3.09. The number of aryl methyl sites for hydroxylation is 1. The number of para-hydroxylation sites is 1. The van der Waals surface area contributed by atoms with Crippen molar-refractivity contribution in [3.05, 3.63) is 82.0 Å². The molecule has 0 spiro atoms. The maximum absolute atomic E-state index is 13.1. The van der Waals surface area contributed by atoms with E-state index in [0.717, 1.165) is 37.4 Å². The van der Waals surface area contributed by atoms with Gasteiger partial charge in [0.1, 0.15) is 12.1 Å². The molecule has 1 aliphatic rings. The smallest absolute Gasteiger partial charge is 0.267 e. The molecule has 0 atom stereocenters. The van der Waals surface area contributed by atoms with Gasteiger partial charge in [-0.15, -0.1) is 0 Å². The lowest BCUT2D eigenvalue weighted by atomic mass is 10.2. The summed E-state index contributed by atoms with van der Waals surface area (Å²) in [5, 5.41) is 4.25. The molecular weight excluding hydrogens is 436 g/mol. The summed E-state index contributed by atoms with van der Waals surface area (Å²) in [6.45, 7) is 6.13. The van der Waals surface area contributed by atoms with Gasteiger partial charge in [0.05, 0.1) is 21.6 Å². The van der Waals surface area contributed by atoms with Gasteiger partial charge in [-0.25, -0.2) is 9.97 Å². The third kappa shape index (κ3) is 4.29. The van der Waals surface area contributed by atoms with Crippen LogP contribution >= 0.6 is 11.6 Å². The number of likely N-dealkylation sites (N-methyl/N-ethyl adjacent to an activating group) is 1. The first-order chi connectivity index (χ1) is 16.0. The normalized spacial score (nSPS) is 14.6. The molecular formula is C25H25ClN6O. The molecule has 1 fully saturated rings. The molecule has 33 heavy (non-hydrogen) atoms. The highest BCUT2D eigenvalue weighted by Gasteiger charge is 2.15. The number of aromatic nitrogens is 3. The van der Waals surface area contributed by atoms with Gasteiger partial charge < -0.3 is 15.1 Å². The highest BCUT2D eigenvalue weighted by atomic mass is 35.5. The number of rotatable bonds is 4. The number of nitrogens with zero attached hydrogens (tertiary/aromatic N) is 5. The second-order valence-electron chi connectivity index (χ2n) is 8.37. The van der Waals surface area contributed by atoms with Crippen LogP contribution in [0.15, 0.2) is 65.8 Å². The van der Waals surface area contributed by atoms with E-state index in [2.05, 4.69) is 44.3 Å². The Bertz CT molecular complexity index is 1340. The summed E-state index contributed by atoms with van der Waals surface area (Å²) in [5.74, 6) is 0.633. The molecule has 7 nitrogen and oxygen atoms in total. The van der Waals surface area contributed by atoms with Crippen LogP contribution < -0.4 is 15.8 Å². The number of piperazine rings is 1. The van der Waals surface area contributed by atoms with E-state index in [9.17, 15) is 4.79 Å². The van der Waals surface area contributed by atoms with Gasteiger partial charge in [-0.3, -0.25) is 9.36 Å². The predicted molar refractivity (Wildman–Crippen MR) is 134 cm³/mol. The third-order valence-corrected chi connectivity index (χ3v) is 6.39. The lowest BCUT2D eigenvalue weighted by Crippen LogP contribution is -2.44. The van der Waals surface area contributed by atoms with Gasteiger partial charge >= 0.3 is 0 Å². The van der Waals surface area contributed by atoms with Crippen LogP contribution in [0.5, 0.6) is 0 Å². The Labute approximate surface area is 197 Å². The van der Waals surface area contributed by atoms with Gasteiger partial charge in [0.2, 0.25) is 0 Å². The molecule has 2 aromatic carbocycles. The van der Waals surface area contributed by atoms with Crippen molar-refractivity contribution in [2.75, 3.05) is 43.4 Å². The van der Waals surface area contributed by atoms with Gasteiger partial charge in [0.15, 0.2) is 0 Å². The first-order valence-corrected chi connectivity index (χ1v) is 11.3. The summed E-state index contributed by atoms with van der Waals surface area (Å²) in [5.41, 5.74) is 4.06. The summed E-state index contributed by atoms with van der Waals surface area (Å²) in [6, 6.07) is 15.7. The van der Waals surface area contributed by atoms with Crippen LogP contribution in [0.2, 0.25) is 5.02 Å². The van der Waals surface area contributed by atoms with Crippen LogP contribution in [0.25, 0.3) is 16.6 Å². The highest BCUT2D eigenvalue weighted by molar-refractivity contribution is 6.32. The molecule has 1 aliphatic heterocycles. The molecule has 0 amide bonds. The zero-order valence-electron chi connectivity index (χ0n) is 18.6. The summed E-state index contributed by atoms with van der Waals surface area (Å²) in [7, 11) is 2.16. The molecule has 5 rings (SSSR count). The van der Waals surface area contributed by atoms with Crippen LogP contribution in [-0.4, -0.2) is 52.7 Å². The maximum Gasteiger partial charge on any atom is 0.267 e. The van der Waals surface area contributed by atoms with Crippen LogP contribution in [0, 0.1) is 6.92 Å². The molecule has 0 radical (unpaired) electrons. The molecule has 2 aromatic heterocycles. The van der Waals surface area contributed by atoms with Crippen molar-refractivity contribution < 1.29 is 0 Å². The van der Waals surface area contributed by atoms with E-state index in [-0.39, 0.29) is 5.56 Å². The van der Waals surface area contributed by atoms with Crippen LogP contribution in [0.3, 0.4) is 0 Å². The highest BCUT2D eigenvalue weighted by Crippen LogP contribution is 2.24. The molecule has 0 saturated carbocycles. The van der Waals surface area contributed by atoms with Gasteiger partial charge in [-0.05, 0) is 49.9 Å². The van der Waals surface area contributed by atoms with Crippen molar-refractivity contribution in [3.63, 3.8) is 0 Å². The zero-order chi connectivity index (χ0) is 22.9. The minimum atomic E-state index is -0.202. The molecule has 1 saturated heterocycles. The second kappa shape index (κ2) is 8.84. The number of anilines is 3. The second-order valence-corrected chi connectivity index (χ2v) is 8.78. The SMILES string of the molecule is Cc1cccc(Cl)c1-n1cnc2cc(Nc3ccc(N4CCN(C)CC4)cc3)ncc2c1=O. The fourth-order valence-electron chi connectivity index (χ4n) is 4.14.